The molecule has 1 N–H and O–H groups in total. The summed E-state index contributed by atoms with van der Waals surface area (Å²) in [5.74, 6) is -0.434. The van der Waals surface area contributed by atoms with Gasteiger partial charge in [0.1, 0.15) is 5.82 Å². The van der Waals surface area contributed by atoms with Gasteiger partial charge in [0.15, 0.2) is 0 Å². The molecule has 0 heterocycles. The Kier molecular flexibility index (Phi) is 4.85. The van der Waals surface area contributed by atoms with Crippen molar-refractivity contribution in [1.29, 1.82) is 0 Å². The zero-order chi connectivity index (χ0) is 12.0. The minimum absolute atomic E-state index is 0.0142. The van der Waals surface area contributed by atoms with Gasteiger partial charge in [-0.2, -0.15) is 0 Å². The van der Waals surface area contributed by atoms with E-state index in [0.717, 1.165) is 19.0 Å². The Bertz CT molecular complexity index is 369. The van der Waals surface area contributed by atoms with Crippen LogP contribution in [0.5, 0.6) is 0 Å². The van der Waals surface area contributed by atoms with Crippen molar-refractivity contribution in [2.24, 2.45) is 0 Å². The Balaban J connectivity index is 2.68. The van der Waals surface area contributed by atoms with Crippen molar-refractivity contribution in [3.05, 3.63) is 39.7 Å². The molecule has 0 atom stereocenters. The lowest BCUT2D eigenvalue weighted by atomic mass is 10.1. The SMILES string of the molecule is CCCNCCc1cc(F)ccc1[N+](=O)[O-]. The van der Waals surface area contributed by atoms with Gasteiger partial charge in [-0.3, -0.25) is 10.1 Å². The van der Waals surface area contributed by atoms with E-state index in [9.17, 15) is 14.5 Å². The summed E-state index contributed by atoms with van der Waals surface area (Å²) in [6.07, 6.45) is 1.47. The van der Waals surface area contributed by atoms with E-state index in [1.54, 1.807) is 0 Å². The summed E-state index contributed by atoms with van der Waals surface area (Å²) in [5, 5.41) is 13.8. The van der Waals surface area contributed by atoms with Gasteiger partial charge in [0.25, 0.3) is 5.69 Å². The van der Waals surface area contributed by atoms with Crippen LogP contribution in [0, 0.1) is 15.9 Å². The molecule has 0 bridgehead atoms. The number of nitro benzene ring substituents is 1. The molecule has 0 saturated carbocycles. The molecular formula is C11H15FN2O2. The molecule has 4 nitrogen and oxygen atoms in total. The van der Waals surface area contributed by atoms with Crippen LogP contribution in [0.1, 0.15) is 18.9 Å². The second kappa shape index (κ2) is 6.17. The fourth-order valence-corrected chi connectivity index (χ4v) is 1.46. The Hall–Kier alpha value is -1.49. The fraction of sp³-hybridized carbons (Fsp3) is 0.455. The molecule has 0 radical (unpaired) electrons. The number of hydrogen-bond donors (Lipinski definition) is 1. The molecule has 0 amide bonds. The first kappa shape index (κ1) is 12.6. The number of benzene rings is 1. The first-order valence-electron chi connectivity index (χ1n) is 5.28. The zero-order valence-electron chi connectivity index (χ0n) is 9.20. The quantitative estimate of drug-likeness (QED) is 0.460. The molecule has 1 aromatic carbocycles. The Morgan fingerprint density at radius 2 is 2.19 bits per heavy atom. The minimum atomic E-state index is -0.478. The first-order chi connectivity index (χ1) is 7.65. The fourth-order valence-electron chi connectivity index (χ4n) is 1.46. The summed E-state index contributed by atoms with van der Waals surface area (Å²) in [5.41, 5.74) is 0.424. The summed E-state index contributed by atoms with van der Waals surface area (Å²) in [6.45, 7) is 3.53. The second-order valence-electron chi connectivity index (χ2n) is 3.53. The molecule has 0 aliphatic rings. The van der Waals surface area contributed by atoms with Gasteiger partial charge < -0.3 is 5.32 Å². The number of halogens is 1. The second-order valence-corrected chi connectivity index (χ2v) is 3.53. The van der Waals surface area contributed by atoms with Gasteiger partial charge in [-0.1, -0.05) is 6.92 Å². The van der Waals surface area contributed by atoms with Crippen LogP contribution in [0.25, 0.3) is 0 Å². The molecule has 0 spiro atoms. The summed E-state index contributed by atoms with van der Waals surface area (Å²) in [4.78, 5) is 10.2. The lowest BCUT2D eigenvalue weighted by Crippen LogP contribution is -2.18. The van der Waals surface area contributed by atoms with E-state index in [0.29, 0.717) is 18.5 Å². The van der Waals surface area contributed by atoms with E-state index < -0.39 is 10.7 Å². The molecule has 1 rings (SSSR count). The highest BCUT2D eigenvalue weighted by atomic mass is 19.1. The maximum Gasteiger partial charge on any atom is 0.272 e. The highest BCUT2D eigenvalue weighted by Crippen LogP contribution is 2.19. The van der Waals surface area contributed by atoms with Gasteiger partial charge in [0.05, 0.1) is 4.92 Å². The third-order valence-electron chi connectivity index (χ3n) is 2.24. The molecule has 88 valence electrons. The van der Waals surface area contributed by atoms with Gasteiger partial charge in [0.2, 0.25) is 0 Å². The van der Waals surface area contributed by atoms with Gasteiger partial charge in [-0.25, -0.2) is 4.39 Å². The molecule has 0 saturated heterocycles. The number of rotatable bonds is 6. The number of nitrogens with zero attached hydrogens (tertiary/aromatic N) is 1. The summed E-state index contributed by atoms with van der Waals surface area (Å²) < 4.78 is 12.9. The Morgan fingerprint density at radius 1 is 1.44 bits per heavy atom. The molecule has 0 fully saturated rings. The van der Waals surface area contributed by atoms with E-state index in [4.69, 9.17) is 0 Å². The number of hydrogen-bond acceptors (Lipinski definition) is 3. The molecule has 0 aromatic heterocycles. The van der Waals surface area contributed by atoms with E-state index in [2.05, 4.69) is 5.32 Å². The predicted octanol–water partition coefficient (Wildman–Crippen LogP) is 2.28. The van der Waals surface area contributed by atoms with Crippen LogP contribution in [0.3, 0.4) is 0 Å². The predicted molar refractivity (Wildman–Crippen MR) is 59.9 cm³/mol. The molecule has 0 aliphatic carbocycles. The van der Waals surface area contributed by atoms with Crippen LogP contribution < -0.4 is 5.32 Å². The van der Waals surface area contributed by atoms with Crippen LogP contribution in [0.2, 0.25) is 0 Å². The van der Waals surface area contributed by atoms with Gasteiger partial charge in [-0.15, -0.1) is 0 Å². The van der Waals surface area contributed by atoms with Crippen LogP contribution in [-0.2, 0) is 6.42 Å². The zero-order valence-corrected chi connectivity index (χ0v) is 9.20. The summed E-state index contributed by atoms with van der Waals surface area (Å²) >= 11 is 0. The van der Waals surface area contributed by atoms with Crippen LogP contribution in [0.4, 0.5) is 10.1 Å². The molecule has 5 heteroatoms. The van der Waals surface area contributed by atoms with Crippen molar-refractivity contribution in [2.45, 2.75) is 19.8 Å². The Labute approximate surface area is 93.6 Å². The largest absolute Gasteiger partial charge is 0.316 e. The van der Waals surface area contributed by atoms with E-state index >= 15 is 0 Å². The van der Waals surface area contributed by atoms with Crippen LogP contribution >= 0.6 is 0 Å². The summed E-state index contributed by atoms with van der Waals surface area (Å²) in [7, 11) is 0. The molecular weight excluding hydrogens is 211 g/mol. The van der Waals surface area contributed by atoms with Crippen LogP contribution in [-0.4, -0.2) is 18.0 Å². The van der Waals surface area contributed by atoms with Crippen molar-refractivity contribution < 1.29 is 9.31 Å². The standard InChI is InChI=1S/C11H15FN2O2/c1-2-6-13-7-5-9-8-10(12)3-4-11(9)14(15)16/h3-4,8,13H,2,5-7H2,1H3. The molecule has 0 unspecified atom stereocenters. The first-order valence-corrected chi connectivity index (χ1v) is 5.28. The monoisotopic (exact) mass is 226 g/mol. The van der Waals surface area contributed by atoms with Gasteiger partial charge in [-0.05, 0) is 38.1 Å². The van der Waals surface area contributed by atoms with E-state index in [1.807, 2.05) is 6.92 Å². The highest BCUT2D eigenvalue weighted by Gasteiger charge is 2.13. The third kappa shape index (κ3) is 3.58. The molecule has 0 aliphatic heterocycles. The Morgan fingerprint density at radius 3 is 2.81 bits per heavy atom. The van der Waals surface area contributed by atoms with E-state index in [1.165, 1.54) is 12.1 Å². The van der Waals surface area contributed by atoms with Crippen molar-refractivity contribution in [3.8, 4) is 0 Å². The molecule has 1 aromatic rings. The topological polar surface area (TPSA) is 55.2 Å². The lowest BCUT2D eigenvalue weighted by molar-refractivity contribution is -0.385. The third-order valence-corrected chi connectivity index (χ3v) is 2.24. The van der Waals surface area contributed by atoms with Crippen LogP contribution in [0.15, 0.2) is 18.2 Å². The highest BCUT2D eigenvalue weighted by molar-refractivity contribution is 5.40. The van der Waals surface area contributed by atoms with Crippen molar-refractivity contribution >= 4 is 5.69 Å². The molecule has 16 heavy (non-hydrogen) atoms. The maximum atomic E-state index is 12.9. The van der Waals surface area contributed by atoms with Crippen molar-refractivity contribution in [3.63, 3.8) is 0 Å². The minimum Gasteiger partial charge on any atom is -0.316 e. The number of nitrogens with one attached hydrogen (secondary N) is 1. The van der Waals surface area contributed by atoms with Gasteiger partial charge >= 0.3 is 0 Å². The van der Waals surface area contributed by atoms with Crippen molar-refractivity contribution in [1.82, 2.24) is 5.32 Å². The number of nitro groups is 1. The van der Waals surface area contributed by atoms with Crippen molar-refractivity contribution in [2.75, 3.05) is 13.1 Å². The van der Waals surface area contributed by atoms with Gasteiger partial charge in [0, 0.05) is 11.6 Å². The normalized spacial score (nSPS) is 10.4. The average Bonchev–Trinajstić information content (AvgIpc) is 2.24. The smallest absolute Gasteiger partial charge is 0.272 e. The lowest BCUT2D eigenvalue weighted by Gasteiger charge is -2.04. The average molecular weight is 226 g/mol. The maximum absolute atomic E-state index is 12.9. The van der Waals surface area contributed by atoms with E-state index in [-0.39, 0.29) is 5.69 Å². The summed E-state index contributed by atoms with van der Waals surface area (Å²) in [6, 6.07) is 3.55.